The second-order valence-corrected chi connectivity index (χ2v) is 12.2. The van der Waals surface area contributed by atoms with Crippen LogP contribution in [0.3, 0.4) is 0 Å². The first-order chi connectivity index (χ1) is 23.4. The molecule has 49 heavy (non-hydrogen) atoms. The number of ether oxygens (including phenoxy) is 1. The number of nitrogens with two attached hydrogens (primary N) is 1. The maximum Gasteiger partial charge on any atom is 0.407 e. The topological polar surface area (TPSA) is 218 Å². The maximum absolute atomic E-state index is 13.4. The zero-order valence-corrected chi connectivity index (χ0v) is 28.7. The summed E-state index contributed by atoms with van der Waals surface area (Å²) >= 11 is 0. The van der Waals surface area contributed by atoms with Crippen molar-refractivity contribution in [3.8, 4) is 0 Å². The minimum atomic E-state index is -0.995. The Labute approximate surface area is 287 Å². The quantitative estimate of drug-likeness (QED) is 0.0785. The zero-order valence-electron chi connectivity index (χ0n) is 28.7. The highest BCUT2D eigenvalue weighted by atomic mass is 16.5. The van der Waals surface area contributed by atoms with Gasteiger partial charge in [0.2, 0.25) is 17.7 Å². The average Bonchev–Trinajstić information content (AvgIpc) is 3.38. The summed E-state index contributed by atoms with van der Waals surface area (Å²) in [6, 6.07) is 4.09. The molecule has 0 bridgehead atoms. The van der Waals surface area contributed by atoms with Gasteiger partial charge in [-0.15, -0.1) is 0 Å². The van der Waals surface area contributed by atoms with Gasteiger partial charge in [-0.05, 0) is 55.7 Å². The van der Waals surface area contributed by atoms with Gasteiger partial charge in [-0.2, -0.15) is 0 Å². The molecule has 270 valence electrons. The third-order valence-corrected chi connectivity index (χ3v) is 7.69. The first-order valence-corrected chi connectivity index (χ1v) is 16.9. The summed E-state index contributed by atoms with van der Waals surface area (Å²) in [6.45, 7) is 6.70. The molecule has 0 saturated carbocycles. The number of anilines is 1. The molecule has 1 aliphatic heterocycles. The first kappa shape index (κ1) is 40.2. The number of carbonyl (C=O) groups is 7. The molecule has 1 aromatic carbocycles. The smallest absolute Gasteiger partial charge is 0.407 e. The molecule has 15 heteroatoms. The van der Waals surface area contributed by atoms with Crippen LogP contribution >= 0.6 is 0 Å². The number of hydrogen-bond acceptors (Lipinski definition) is 8. The fourth-order valence-corrected chi connectivity index (χ4v) is 4.89. The molecule has 2 rings (SSSR count). The van der Waals surface area contributed by atoms with E-state index >= 15 is 0 Å². The van der Waals surface area contributed by atoms with E-state index in [2.05, 4.69) is 33.5 Å². The van der Waals surface area contributed by atoms with Crippen LogP contribution in [0.2, 0.25) is 0 Å². The van der Waals surface area contributed by atoms with Gasteiger partial charge in [0.05, 0.1) is 0 Å². The highest BCUT2D eigenvalue weighted by molar-refractivity contribution is 6.12. The normalized spacial score (nSPS) is 13.5. The van der Waals surface area contributed by atoms with Crippen molar-refractivity contribution >= 4 is 47.3 Å². The van der Waals surface area contributed by atoms with E-state index in [9.17, 15) is 33.6 Å². The molecular weight excluding hydrogens is 634 g/mol. The van der Waals surface area contributed by atoms with Crippen LogP contribution in [0, 0.1) is 5.92 Å². The Morgan fingerprint density at radius 2 is 1.49 bits per heavy atom. The van der Waals surface area contributed by atoms with Gasteiger partial charge in [-0.1, -0.05) is 52.2 Å². The van der Waals surface area contributed by atoms with E-state index in [0.717, 1.165) is 24.2 Å². The van der Waals surface area contributed by atoms with Gasteiger partial charge in [-0.3, -0.25) is 28.9 Å². The molecule has 0 aromatic heterocycles. The van der Waals surface area contributed by atoms with Crippen molar-refractivity contribution in [1.82, 2.24) is 26.2 Å². The van der Waals surface area contributed by atoms with Gasteiger partial charge >= 0.3 is 12.1 Å². The van der Waals surface area contributed by atoms with Gasteiger partial charge in [0.1, 0.15) is 18.7 Å². The Morgan fingerprint density at radius 1 is 0.816 bits per heavy atom. The van der Waals surface area contributed by atoms with Crippen LogP contribution in [0.5, 0.6) is 0 Å². The Hall–Kier alpha value is -4.95. The molecule has 8 amide bonds. The summed E-state index contributed by atoms with van der Waals surface area (Å²) in [5.41, 5.74) is 6.31. The number of amides is 8. The molecule has 0 spiro atoms. The SMILES string of the molecule is CCCCCNC(=O)OCc1ccc(NC(=O)[C@H](CCCNC(N)=O)NC(=O)[C@@H](NC(=O)CCCCCN2C(=O)C=CC2=O)C(C)C)cc1. The van der Waals surface area contributed by atoms with Crippen molar-refractivity contribution in [1.29, 1.82) is 0 Å². The van der Waals surface area contributed by atoms with Crippen molar-refractivity contribution < 1.29 is 38.3 Å². The summed E-state index contributed by atoms with van der Waals surface area (Å²) in [5.74, 6) is -2.36. The molecule has 1 heterocycles. The predicted molar refractivity (Wildman–Crippen MR) is 183 cm³/mol. The lowest BCUT2D eigenvalue weighted by molar-refractivity contribution is -0.137. The number of urea groups is 1. The molecule has 1 aromatic rings. The highest BCUT2D eigenvalue weighted by Gasteiger charge is 2.29. The van der Waals surface area contributed by atoms with Gasteiger partial charge in [-0.25, -0.2) is 9.59 Å². The fourth-order valence-electron chi connectivity index (χ4n) is 4.89. The lowest BCUT2D eigenvalue weighted by Gasteiger charge is -2.25. The Bertz CT molecular complexity index is 1300. The summed E-state index contributed by atoms with van der Waals surface area (Å²) in [4.78, 5) is 86.9. The van der Waals surface area contributed by atoms with Crippen LogP contribution in [0.25, 0.3) is 0 Å². The number of hydrogen-bond donors (Lipinski definition) is 6. The Kier molecular flexibility index (Phi) is 17.9. The van der Waals surface area contributed by atoms with Gasteiger partial charge < -0.3 is 37.1 Å². The molecule has 7 N–H and O–H groups in total. The highest BCUT2D eigenvalue weighted by Crippen LogP contribution is 2.13. The molecule has 0 aliphatic carbocycles. The van der Waals surface area contributed by atoms with Crippen molar-refractivity contribution in [2.45, 2.75) is 97.2 Å². The zero-order chi connectivity index (χ0) is 36.2. The Balaban J connectivity index is 1.91. The minimum absolute atomic E-state index is 0.0556. The van der Waals surface area contributed by atoms with Crippen molar-refractivity contribution in [3.63, 3.8) is 0 Å². The third kappa shape index (κ3) is 15.7. The maximum atomic E-state index is 13.4. The summed E-state index contributed by atoms with van der Waals surface area (Å²) in [5, 5.41) is 13.4. The minimum Gasteiger partial charge on any atom is -0.445 e. The van der Waals surface area contributed by atoms with E-state index in [1.807, 2.05) is 0 Å². The van der Waals surface area contributed by atoms with Crippen LogP contribution in [0.1, 0.15) is 84.1 Å². The lowest BCUT2D eigenvalue weighted by atomic mass is 10.0. The molecule has 0 radical (unpaired) electrons. The van der Waals surface area contributed by atoms with E-state index in [1.165, 1.54) is 12.2 Å². The number of nitrogens with one attached hydrogen (secondary N) is 5. The van der Waals surface area contributed by atoms with Crippen molar-refractivity contribution in [2.75, 3.05) is 25.0 Å². The molecule has 15 nitrogen and oxygen atoms in total. The standard InChI is InChI=1S/C34H51N7O8/c1-4-5-8-19-37-34(48)49-22-24-13-15-25(16-14-24)38-31(45)26(11-10-20-36-33(35)47)39-32(46)30(23(2)3)40-27(42)12-7-6-9-21-41-28(43)17-18-29(41)44/h13-18,23,26,30H,4-12,19-22H2,1-3H3,(H,37,48)(H,38,45)(H,39,46)(H,40,42)(H3,35,36,47)/t26-,30-/m0/s1. The number of rotatable bonds is 22. The number of carbonyl (C=O) groups excluding carboxylic acids is 7. The summed E-state index contributed by atoms with van der Waals surface area (Å²) in [7, 11) is 0. The van der Waals surface area contributed by atoms with Crippen LogP contribution in [0.15, 0.2) is 36.4 Å². The van der Waals surface area contributed by atoms with E-state index in [4.69, 9.17) is 10.5 Å². The van der Waals surface area contributed by atoms with E-state index in [-0.39, 0.29) is 56.2 Å². The third-order valence-electron chi connectivity index (χ3n) is 7.69. The van der Waals surface area contributed by atoms with Gasteiger partial charge in [0.25, 0.3) is 11.8 Å². The molecule has 0 fully saturated rings. The molecule has 0 saturated heterocycles. The average molecular weight is 686 g/mol. The van der Waals surface area contributed by atoms with Crippen LogP contribution in [-0.4, -0.2) is 78.3 Å². The fraction of sp³-hybridized carbons (Fsp3) is 0.559. The van der Waals surface area contributed by atoms with E-state index in [1.54, 1.807) is 38.1 Å². The number of primary amides is 1. The summed E-state index contributed by atoms with van der Waals surface area (Å²) < 4.78 is 5.23. The monoisotopic (exact) mass is 685 g/mol. The molecule has 1 aliphatic rings. The largest absolute Gasteiger partial charge is 0.445 e. The molecular formula is C34H51N7O8. The summed E-state index contributed by atoms with van der Waals surface area (Å²) in [6.07, 6.45) is 7.21. The number of unbranched alkanes of at least 4 members (excludes halogenated alkanes) is 4. The second kappa shape index (κ2) is 21.8. The number of alkyl carbamates (subject to hydrolysis) is 1. The van der Waals surface area contributed by atoms with E-state index in [0.29, 0.717) is 43.5 Å². The van der Waals surface area contributed by atoms with Crippen LogP contribution < -0.4 is 32.3 Å². The number of imide groups is 1. The Morgan fingerprint density at radius 3 is 2.12 bits per heavy atom. The van der Waals surface area contributed by atoms with Crippen LogP contribution in [0.4, 0.5) is 15.3 Å². The van der Waals surface area contributed by atoms with Crippen LogP contribution in [-0.2, 0) is 35.3 Å². The molecule has 2 atom stereocenters. The first-order valence-electron chi connectivity index (χ1n) is 16.9. The van der Waals surface area contributed by atoms with Crippen molar-refractivity contribution in [2.24, 2.45) is 11.7 Å². The van der Waals surface area contributed by atoms with Crippen molar-refractivity contribution in [3.05, 3.63) is 42.0 Å². The number of benzene rings is 1. The van der Waals surface area contributed by atoms with E-state index < -0.39 is 36.0 Å². The predicted octanol–water partition coefficient (Wildman–Crippen LogP) is 2.60. The number of nitrogens with zero attached hydrogens (tertiary/aromatic N) is 1. The molecule has 0 unspecified atom stereocenters. The van der Waals surface area contributed by atoms with Gasteiger partial charge in [0.15, 0.2) is 0 Å². The lowest BCUT2D eigenvalue weighted by Crippen LogP contribution is -2.54. The van der Waals surface area contributed by atoms with Gasteiger partial charge in [0, 0.05) is 43.9 Å². The second-order valence-electron chi connectivity index (χ2n) is 12.2.